The summed E-state index contributed by atoms with van der Waals surface area (Å²) in [6.45, 7) is 2.22. The first-order valence-corrected chi connectivity index (χ1v) is 7.08. The van der Waals surface area contributed by atoms with E-state index in [-0.39, 0.29) is 10.7 Å². The molecule has 0 bridgehead atoms. The fourth-order valence-corrected chi connectivity index (χ4v) is 2.33. The summed E-state index contributed by atoms with van der Waals surface area (Å²) < 4.78 is 18.9. The highest BCUT2D eigenvalue weighted by Gasteiger charge is 2.07. The van der Waals surface area contributed by atoms with E-state index in [9.17, 15) is 4.39 Å². The molecule has 3 nitrogen and oxygen atoms in total. The second kappa shape index (κ2) is 6.74. The molecule has 0 spiro atoms. The van der Waals surface area contributed by atoms with Gasteiger partial charge in [0.1, 0.15) is 4.99 Å². The lowest BCUT2D eigenvalue weighted by Crippen LogP contribution is -2.09. The Balaban J connectivity index is 2.20. The number of thiocarbonyl (C=S) groups is 1. The first kappa shape index (κ1) is 15.5. The van der Waals surface area contributed by atoms with Crippen LogP contribution >= 0.6 is 23.8 Å². The number of ether oxygens (including phenoxy) is 1. The number of benzene rings is 2. The molecule has 2 aromatic carbocycles. The standard InChI is InChI=1S/C15H14ClFN2OS/c1-2-20-14-6-4-10(8-13(14)17)19-9-3-5-11(15(18)21)12(16)7-9/h3-8,19H,2H2,1H3,(H2,18,21). The van der Waals surface area contributed by atoms with Crippen LogP contribution in [0.5, 0.6) is 5.75 Å². The van der Waals surface area contributed by atoms with E-state index < -0.39 is 5.82 Å². The second-order valence-corrected chi connectivity index (χ2v) is 5.11. The Morgan fingerprint density at radius 2 is 1.95 bits per heavy atom. The number of hydrogen-bond donors (Lipinski definition) is 2. The van der Waals surface area contributed by atoms with Crippen molar-refractivity contribution in [2.24, 2.45) is 5.73 Å². The molecule has 0 heterocycles. The summed E-state index contributed by atoms with van der Waals surface area (Å²) >= 11 is 11.0. The minimum absolute atomic E-state index is 0.227. The molecule has 21 heavy (non-hydrogen) atoms. The largest absolute Gasteiger partial charge is 0.491 e. The summed E-state index contributed by atoms with van der Waals surface area (Å²) in [5.74, 6) is -0.197. The Labute approximate surface area is 132 Å². The Bertz CT molecular complexity index is 679. The lowest BCUT2D eigenvalue weighted by atomic mass is 10.2. The number of nitrogens with one attached hydrogen (secondary N) is 1. The van der Waals surface area contributed by atoms with Gasteiger partial charge in [0.15, 0.2) is 11.6 Å². The molecule has 2 aromatic rings. The maximum absolute atomic E-state index is 13.8. The minimum Gasteiger partial charge on any atom is -0.491 e. The fraction of sp³-hybridized carbons (Fsp3) is 0.133. The van der Waals surface area contributed by atoms with E-state index in [1.165, 1.54) is 6.07 Å². The third-order valence-corrected chi connectivity index (χ3v) is 3.29. The van der Waals surface area contributed by atoms with Gasteiger partial charge in [0.05, 0.1) is 11.6 Å². The number of anilines is 2. The van der Waals surface area contributed by atoms with Crippen LogP contribution in [0.25, 0.3) is 0 Å². The average molecular weight is 325 g/mol. The average Bonchev–Trinajstić information content (AvgIpc) is 2.41. The Hall–Kier alpha value is -1.85. The van der Waals surface area contributed by atoms with E-state index in [2.05, 4.69) is 5.32 Å². The van der Waals surface area contributed by atoms with Gasteiger partial charge in [0.2, 0.25) is 0 Å². The smallest absolute Gasteiger partial charge is 0.167 e. The van der Waals surface area contributed by atoms with Gasteiger partial charge in [0.25, 0.3) is 0 Å². The quantitative estimate of drug-likeness (QED) is 0.807. The van der Waals surface area contributed by atoms with Gasteiger partial charge in [-0.1, -0.05) is 23.8 Å². The molecule has 3 N–H and O–H groups in total. The molecule has 0 aromatic heterocycles. The molecule has 0 atom stereocenters. The zero-order valence-corrected chi connectivity index (χ0v) is 12.9. The first-order valence-electron chi connectivity index (χ1n) is 6.30. The minimum atomic E-state index is -0.423. The Kier molecular flexibility index (Phi) is 4.98. The summed E-state index contributed by atoms with van der Waals surface area (Å²) in [5.41, 5.74) is 7.46. The van der Waals surface area contributed by atoms with Crippen molar-refractivity contribution in [3.05, 3.63) is 52.8 Å². The van der Waals surface area contributed by atoms with Crippen LogP contribution in [0.4, 0.5) is 15.8 Å². The first-order chi connectivity index (χ1) is 10.0. The number of hydrogen-bond acceptors (Lipinski definition) is 3. The molecule has 0 saturated heterocycles. The molecule has 0 fully saturated rings. The number of halogens is 2. The van der Waals surface area contributed by atoms with Gasteiger partial charge in [-0.3, -0.25) is 0 Å². The summed E-state index contributed by atoms with van der Waals surface area (Å²) in [4.78, 5) is 0.235. The SMILES string of the molecule is CCOc1ccc(Nc2ccc(C(N)=S)c(Cl)c2)cc1F. The maximum Gasteiger partial charge on any atom is 0.167 e. The van der Waals surface area contributed by atoms with Gasteiger partial charge in [-0.25, -0.2) is 4.39 Å². The van der Waals surface area contributed by atoms with E-state index in [4.69, 9.17) is 34.3 Å². The maximum atomic E-state index is 13.8. The highest BCUT2D eigenvalue weighted by molar-refractivity contribution is 7.80. The normalized spacial score (nSPS) is 10.2. The van der Waals surface area contributed by atoms with Crippen molar-refractivity contribution in [3.63, 3.8) is 0 Å². The van der Waals surface area contributed by atoms with E-state index >= 15 is 0 Å². The van der Waals surface area contributed by atoms with Crippen molar-refractivity contribution < 1.29 is 9.13 Å². The van der Waals surface area contributed by atoms with Crippen LogP contribution < -0.4 is 15.8 Å². The predicted octanol–water partition coefficient (Wildman–Crippen LogP) is 4.26. The van der Waals surface area contributed by atoms with Crippen molar-refractivity contribution >= 4 is 40.2 Å². The second-order valence-electron chi connectivity index (χ2n) is 4.26. The van der Waals surface area contributed by atoms with Crippen molar-refractivity contribution in [2.45, 2.75) is 6.92 Å². The molecule has 0 aliphatic rings. The van der Waals surface area contributed by atoms with Gasteiger partial charge in [-0.05, 0) is 37.3 Å². The molecule has 2 rings (SSSR count). The molecular weight excluding hydrogens is 311 g/mol. The van der Waals surface area contributed by atoms with E-state index in [1.54, 1.807) is 37.3 Å². The van der Waals surface area contributed by atoms with Crippen molar-refractivity contribution in [1.82, 2.24) is 0 Å². The van der Waals surface area contributed by atoms with E-state index in [1.807, 2.05) is 0 Å². The predicted molar refractivity (Wildman–Crippen MR) is 88.2 cm³/mol. The van der Waals surface area contributed by atoms with Gasteiger partial charge < -0.3 is 15.8 Å². The third-order valence-electron chi connectivity index (χ3n) is 2.75. The Morgan fingerprint density at radius 1 is 1.29 bits per heavy atom. The van der Waals surface area contributed by atoms with E-state index in [0.717, 1.165) is 0 Å². The molecular formula is C15H14ClFN2OS. The van der Waals surface area contributed by atoms with Crippen LogP contribution in [0, 0.1) is 5.82 Å². The summed E-state index contributed by atoms with van der Waals surface area (Å²) in [6.07, 6.45) is 0. The highest BCUT2D eigenvalue weighted by Crippen LogP contribution is 2.26. The van der Waals surface area contributed by atoms with Crippen LogP contribution in [-0.4, -0.2) is 11.6 Å². The lowest BCUT2D eigenvalue weighted by Gasteiger charge is -2.10. The topological polar surface area (TPSA) is 47.3 Å². The van der Waals surface area contributed by atoms with Gasteiger partial charge in [-0.15, -0.1) is 0 Å². The highest BCUT2D eigenvalue weighted by atomic mass is 35.5. The van der Waals surface area contributed by atoms with Gasteiger partial charge in [0, 0.05) is 23.0 Å². The summed E-state index contributed by atoms with van der Waals surface area (Å²) in [5, 5.41) is 3.50. The number of rotatable bonds is 5. The lowest BCUT2D eigenvalue weighted by molar-refractivity contribution is 0.321. The summed E-state index contributed by atoms with van der Waals surface area (Å²) in [6, 6.07) is 9.84. The molecule has 0 unspecified atom stereocenters. The molecule has 0 aliphatic carbocycles. The van der Waals surface area contributed by atoms with E-state index in [0.29, 0.717) is 28.6 Å². The molecule has 0 aliphatic heterocycles. The molecule has 0 saturated carbocycles. The Morgan fingerprint density at radius 3 is 2.52 bits per heavy atom. The van der Waals surface area contributed by atoms with Crippen molar-refractivity contribution in [1.29, 1.82) is 0 Å². The van der Waals surface area contributed by atoms with Crippen LogP contribution in [-0.2, 0) is 0 Å². The molecule has 6 heteroatoms. The monoisotopic (exact) mass is 324 g/mol. The zero-order chi connectivity index (χ0) is 15.4. The van der Waals surface area contributed by atoms with Crippen molar-refractivity contribution in [3.8, 4) is 5.75 Å². The fourth-order valence-electron chi connectivity index (χ4n) is 1.81. The van der Waals surface area contributed by atoms with Gasteiger partial charge in [-0.2, -0.15) is 0 Å². The summed E-state index contributed by atoms with van der Waals surface area (Å²) in [7, 11) is 0. The molecule has 0 amide bonds. The van der Waals surface area contributed by atoms with Crippen LogP contribution in [0.1, 0.15) is 12.5 Å². The molecule has 110 valence electrons. The van der Waals surface area contributed by atoms with Crippen molar-refractivity contribution in [2.75, 3.05) is 11.9 Å². The van der Waals surface area contributed by atoms with Crippen LogP contribution in [0.15, 0.2) is 36.4 Å². The third kappa shape index (κ3) is 3.83. The van der Waals surface area contributed by atoms with Gasteiger partial charge >= 0.3 is 0 Å². The number of nitrogens with two attached hydrogens (primary N) is 1. The zero-order valence-electron chi connectivity index (χ0n) is 11.3. The van der Waals surface area contributed by atoms with Crippen LogP contribution in [0.2, 0.25) is 5.02 Å². The molecule has 0 radical (unpaired) electrons. The van der Waals surface area contributed by atoms with Crippen LogP contribution in [0.3, 0.4) is 0 Å².